The maximum Gasteiger partial charge on any atom is 0.335 e. The normalized spacial score (nSPS) is 28.8. The van der Waals surface area contributed by atoms with E-state index in [0.29, 0.717) is 70.7 Å². The van der Waals surface area contributed by atoms with Gasteiger partial charge in [-0.2, -0.15) is 0 Å². The molecule has 6 aliphatic heterocycles. The molecule has 0 radical (unpaired) electrons. The minimum atomic E-state index is -0.854. The van der Waals surface area contributed by atoms with E-state index in [2.05, 4.69) is 241 Å². The van der Waals surface area contributed by atoms with Crippen LogP contribution in [0.2, 0.25) is 0 Å². The van der Waals surface area contributed by atoms with Gasteiger partial charge in [0, 0.05) is 119 Å². The molecule has 0 bridgehead atoms. The molecule has 0 aromatic heterocycles. The van der Waals surface area contributed by atoms with Crippen molar-refractivity contribution < 1.29 is 19.5 Å². The van der Waals surface area contributed by atoms with E-state index in [4.69, 9.17) is 11.5 Å². The van der Waals surface area contributed by atoms with Gasteiger partial charge in [0.1, 0.15) is 0 Å². The predicted octanol–water partition coefficient (Wildman–Crippen LogP) is 13.7. The summed E-state index contributed by atoms with van der Waals surface area (Å²) < 4.78 is 0. The van der Waals surface area contributed by atoms with Crippen molar-refractivity contribution in [3.63, 3.8) is 0 Å². The Morgan fingerprint density at radius 3 is 1.13 bits per heavy atom. The summed E-state index contributed by atoms with van der Waals surface area (Å²) in [6.45, 7) is 25.3. The van der Waals surface area contributed by atoms with Crippen LogP contribution in [0.25, 0.3) is 0 Å². The fraction of sp³-hybridized carbons (Fsp3) is 0.386. The van der Waals surface area contributed by atoms with Crippen LogP contribution in [-0.2, 0) is 29.3 Å². The number of benzene rings is 8. The van der Waals surface area contributed by atoms with Crippen LogP contribution in [-0.4, -0.2) is 124 Å². The number of piperazine rings is 3. The molecule has 6 heterocycles. The number of nitrogens with two attached hydrogens (primary N) is 2. The van der Waals surface area contributed by atoms with Gasteiger partial charge in [-0.3, -0.25) is 34.1 Å². The van der Waals surface area contributed by atoms with Crippen LogP contribution in [0.4, 0.5) is 0 Å². The maximum absolute atomic E-state index is 11.8. The molecule has 12 atom stereocenters. The Kier molecular flexibility index (Phi) is 20.5. The number of carbonyl (C=O) groups excluding carboxylic acids is 2. The lowest BCUT2D eigenvalue weighted by Crippen LogP contribution is -2.61. The van der Waals surface area contributed by atoms with Crippen molar-refractivity contribution in [1.82, 2.24) is 29.8 Å². The van der Waals surface area contributed by atoms with Crippen LogP contribution in [0.3, 0.4) is 0 Å². The van der Waals surface area contributed by atoms with Gasteiger partial charge in [-0.25, -0.2) is 4.79 Å². The highest BCUT2D eigenvalue weighted by Gasteiger charge is 2.49. The summed E-state index contributed by atoms with van der Waals surface area (Å²) in [4.78, 5) is 48.5. The maximum atomic E-state index is 11.8. The third-order valence-electron chi connectivity index (χ3n) is 23.3. The highest BCUT2D eigenvalue weighted by Crippen LogP contribution is 2.48. The number of primary amides is 2. The molecule has 0 saturated carbocycles. The van der Waals surface area contributed by atoms with E-state index in [1.165, 1.54) is 38.9 Å². The Labute approximate surface area is 564 Å². The molecular formula is C83H98N8O4. The lowest BCUT2D eigenvalue weighted by molar-refractivity contribution is -0.0351. The first kappa shape index (κ1) is 66.9. The molecule has 0 spiro atoms. The number of rotatable bonds is 13. The van der Waals surface area contributed by atoms with E-state index in [1.54, 1.807) is 6.07 Å². The molecule has 6 fully saturated rings. The average Bonchev–Trinajstić information content (AvgIpc) is 0.769. The third kappa shape index (κ3) is 14.8. The van der Waals surface area contributed by atoms with Crippen molar-refractivity contribution in [2.24, 2.45) is 29.2 Å². The molecule has 0 aliphatic carbocycles. The summed E-state index contributed by atoms with van der Waals surface area (Å²) in [5.41, 5.74) is 23.2. The summed E-state index contributed by atoms with van der Waals surface area (Å²) in [5.74, 6) is -0.142. The second-order valence-corrected chi connectivity index (χ2v) is 29.2. The molecule has 2 amide bonds. The number of carboxylic acid groups (broad SMARTS) is 1. The second kappa shape index (κ2) is 29.1. The average molecular weight is 1270 g/mol. The lowest BCUT2D eigenvalue weighted by atomic mass is 9.65. The number of nitrogens with one attached hydrogen (secondary N) is 1. The van der Waals surface area contributed by atoms with Crippen LogP contribution in [0, 0.1) is 17.8 Å². The first-order valence-corrected chi connectivity index (χ1v) is 34.7. The van der Waals surface area contributed by atoms with Crippen molar-refractivity contribution in [1.29, 1.82) is 0 Å². The molecule has 6 aliphatic rings. The molecule has 6 saturated heterocycles. The van der Waals surface area contributed by atoms with E-state index in [1.807, 2.05) is 48.5 Å². The van der Waals surface area contributed by atoms with Crippen LogP contribution < -0.4 is 16.8 Å². The third-order valence-corrected chi connectivity index (χ3v) is 23.3. The smallest absolute Gasteiger partial charge is 0.335 e. The molecule has 95 heavy (non-hydrogen) atoms. The number of nitrogens with zero attached hydrogens (tertiary/aromatic N) is 5. The molecule has 0 unspecified atom stereocenters. The summed E-state index contributed by atoms with van der Waals surface area (Å²) >= 11 is 0. The van der Waals surface area contributed by atoms with Gasteiger partial charge in [-0.1, -0.05) is 230 Å². The minimum absolute atomic E-state index is 0.00459. The molecule has 14 rings (SSSR count). The van der Waals surface area contributed by atoms with Crippen molar-refractivity contribution in [2.45, 2.75) is 126 Å². The van der Waals surface area contributed by atoms with Gasteiger partial charge in [0.2, 0.25) is 11.8 Å². The van der Waals surface area contributed by atoms with Crippen LogP contribution in [0.1, 0.15) is 155 Å². The zero-order valence-electron chi connectivity index (χ0n) is 56.5. The number of piperidine rings is 3. The Morgan fingerprint density at radius 2 is 0.747 bits per heavy atom. The Balaban J connectivity index is 0.000000138. The van der Waals surface area contributed by atoms with Gasteiger partial charge in [0.15, 0.2) is 0 Å². The fourth-order valence-corrected chi connectivity index (χ4v) is 17.0. The standard InChI is InChI=1S/C30H35N3O.C30H34N2O2.C23H29N3O/c1-22-18-32-21-28(24-12-7-4-8-13-24)33(19-23-10-5-3-6-11-23)20-27(32)17-30(22,2)26-15-9-14-25(16-26)29(31)34;1-22-18-31-21-28(24-12-7-4-8-13-24)32(19-23-10-5-3-6-11-23)20-27(31)17-30(22,2)26-15-9-14-25(16-26)29(33)34;1-16-14-26-15-21(17-7-4-3-5-8-17)25-13-20(26)12-23(16,2)19-10-6-9-18(11-19)22(24)27/h3-16,22,27-28H,17-21H2,1-2H3,(H2,31,34);3-16,22,27-28H,17-21H2,1-2H3,(H,33,34);3-11,16,20-21,25H,12-15H2,1-2H3,(H2,24,27)/t2*22-,27+,28+,30+;16-,20+,21+,23+/m000/s1. The van der Waals surface area contributed by atoms with E-state index in [9.17, 15) is 19.5 Å². The van der Waals surface area contributed by atoms with Crippen molar-refractivity contribution in [3.05, 3.63) is 286 Å². The summed E-state index contributed by atoms with van der Waals surface area (Å²) in [5, 5.41) is 13.3. The number of fused-ring (bicyclic) bond motifs is 3. The number of carbonyl (C=O) groups is 3. The first-order chi connectivity index (χ1) is 45.8. The molecule has 6 N–H and O–H groups in total. The molecule has 494 valence electrons. The van der Waals surface area contributed by atoms with E-state index in [-0.39, 0.29) is 28.1 Å². The number of hydrogen-bond donors (Lipinski definition) is 4. The van der Waals surface area contributed by atoms with Crippen LogP contribution >= 0.6 is 0 Å². The molecule has 12 heteroatoms. The van der Waals surface area contributed by atoms with Crippen LogP contribution in [0.15, 0.2) is 224 Å². The molecule has 8 aromatic rings. The van der Waals surface area contributed by atoms with Gasteiger partial charge in [0.25, 0.3) is 0 Å². The van der Waals surface area contributed by atoms with E-state index < -0.39 is 5.97 Å². The fourth-order valence-electron chi connectivity index (χ4n) is 17.0. The summed E-state index contributed by atoms with van der Waals surface area (Å²) in [7, 11) is 0. The monoisotopic (exact) mass is 1270 g/mol. The Bertz CT molecular complexity index is 3700. The quantitative estimate of drug-likeness (QED) is 0.0878. The minimum Gasteiger partial charge on any atom is -0.478 e. The zero-order valence-corrected chi connectivity index (χ0v) is 56.5. The van der Waals surface area contributed by atoms with Gasteiger partial charge in [-0.15, -0.1) is 0 Å². The van der Waals surface area contributed by atoms with Crippen molar-refractivity contribution >= 4 is 17.8 Å². The molecule has 8 aromatic carbocycles. The number of amides is 2. The predicted molar refractivity (Wildman–Crippen MR) is 382 cm³/mol. The van der Waals surface area contributed by atoms with Crippen molar-refractivity contribution in [3.8, 4) is 0 Å². The molecular weight excluding hydrogens is 1170 g/mol. The van der Waals surface area contributed by atoms with Crippen molar-refractivity contribution in [2.75, 3.05) is 58.9 Å². The highest BCUT2D eigenvalue weighted by molar-refractivity contribution is 5.93. The molecule has 12 nitrogen and oxygen atoms in total. The Morgan fingerprint density at radius 1 is 0.411 bits per heavy atom. The van der Waals surface area contributed by atoms with Gasteiger partial charge in [-0.05, 0) is 134 Å². The number of hydrogen-bond acceptors (Lipinski definition) is 9. The van der Waals surface area contributed by atoms with Crippen LogP contribution in [0.5, 0.6) is 0 Å². The van der Waals surface area contributed by atoms with E-state index >= 15 is 0 Å². The first-order valence-electron chi connectivity index (χ1n) is 34.7. The lowest BCUT2D eigenvalue weighted by Gasteiger charge is -2.55. The number of aromatic carboxylic acids is 1. The zero-order chi connectivity index (χ0) is 66.4. The van der Waals surface area contributed by atoms with Gasteiger partial charge in [0.05, 0.1) is 5.56 Å². The second-order valence-electron chi connectivity index (χ2n) is 29.2. The highest BCUT2D eigenvalue weighted by atomic mass is 16.4. The summed E-state index contributed by atoms with van der Waals surface area (Å²) in [6.07, 6.45) is 3.19. The largest absolute Gasteiger partial charge is 0.478 e. The summed E-state index contributed by atoms with van der Waals surface area (Å²) in [6, 6.07) is 80.3. The topological polar surface area (TPSA) is 152 Å². The SMILES string of the molecule is C[C@H]1CN2C[C@H](c3ccccc3)N(Cc3ccccc3)C[C@H]2C[C@@]1(C)c1cccc(C(=O)O)c1.C[C@H]1CN2C[C@H](c3ccccc3)N(Cc3ccccc3)C[C@H]2C[C@@]1(C)c1cccc(C(N)=O)c1.C[C@H]1CN2C[C@H](c3ccccc3)NC[C@H]2C[C@@]1(C)c1cccc(C(N)=O)c1. The van der Waals surface area contributed by atoms with Gasteiger partial charge < -0.3 is 21.9 Å². The van der Waals surface area contributed by atoms with E-state index in [0.717, 1.165) is 96.8 Å². The van der Waals surface area contributed by atoms with Gasteiger partial charge >= 0.3 is 5.97 Å². The Hall–Kier alpha value is -8.07. The number of carboxylic acids is 1.